The Labute approximate surface area is 586 Å². The molecule has 6 aliphatic heterocycles. The van der Waals surface area contributed by atoms with Gasteiger partial charge in [-0.3, -0.25) is 24.3 Å². The summed E-state index contributed by atoms with van der Waals surface area (Å²) in [6.07, 6.45) is 30.7. The van der Waals surface area contributed by atoms with Gasteiger partial charge < -0.3 is 37.0 Å². The van der Waals surface area contributed by atoms with Gasteiger partial charge in [0.15, 0.2) is 34.5 Å². The molecule has 89 heavy (non-hydrogen) atoms. The van der Waals surface area contributed by atoms with Crippen molar-refractivity contribution in [2.45, 2.75) is 207 Å². The largest absolute Gasteiger partial charge is 0.504 e. The fourth-order valence-corrected chi connectivity index (χ4v) is 22.4. The second-order valence-electron chi connectivity index (χ2n) is 30.2. The van der Waals surface area contributed by atoms with Gasteiger partial charge in [-0.2, -0.15) is 0 Å². The first kappa shape index (κ1) is 67.3. The summed E-state index contributed by atoms with van der Waals surface area (Å²) in [5.74, 6) is 6.22. The van der Waals surface area contributed by atoms with E-state index >= 15 is 0 Å². The van der Waals surface area contributed by atoms with Crippen LogP contribution in [0.2, 0.25) is 0 Å². The molecule has 11 nitrogen and oxygen atoms in total. The normalized spacial score (nSPS) is 39.5. The number of fused-ring (bicyclic) bond motifs is 2. The number of aromatic hydroxyl groups is 3. The minimum absolute atomic E-state index is 0. The fraction of sp³-hybridized carbons (Fsp3) is 0.618. The van der Waals surface area contributed by atoms with E-state index in [2.05, 4.69) is 90.1 Å². The first-order chi connectivity index (χ1) is 39.5. The molecule has 10 bridgehead atoms. The molecule has 0 aromatic heterocycles. The molecule has 474 valence electrons. The van der Waals surface area contributed by atoms with E-state index in [1.807, 2.05) is 18.2 Å². The van der Waals surface area contributed by atoms with Gasteiger partial charge in [0.2, 0.25) is 0 Å². The molecule has 2 radical (unpaired) electrons. The van der Waals surface area contributed by atoms with E-state index in [1.54, 1.807) is 19.4 Å². The molecule has 13 aliphatic carbocycles. The number of ketones is 2. The second kappa shape index (κ2) is 22.2. The van der Waals surface area contributed by atoms with E-state index in [9.17, 15) is 24.9 Å². The van der Waals surface area contributed by atoms with Gasteiger partial charge in [0.1, 0.15) is 29.9 Å². The minimum atomic E-state index is -0.309. The van der Waals surface area contributed by atoms with Crippen LogP contribution >= 0.6 is 0 Å². The Kier molecular flexibility index (Phi) is 16.8. The molecule has 0 amide bonds. The first-order valence-electron chi connectivity index (χ1n) is 32.1. The number of Topliss-reactive ketones (excluding diaryl/α,β-unsaturated/α-hetero) is 2. The van der Waals surface area contributed by atoms with Crippen molar-refractivity contribution in [2.24, 2.45) is 51.2 Å². The molecular weight excluding hydrogens is 1170 g/mol. The molecular formula is C76H100KN3O8V-. The zero-order valence-electron chi connectivity index (χ0n) is 51.1. The van der Waals surface area contributed by atoms with Crippen molar-refractivity contribution >= 4 is 63.0 Å². The average molecular weight is 1270 g/mol. The minimum Gasteiger partial charge on any atom is -0.504 e. The Morgan fingerprint density at radius 2 is 0.955 bits per heavy atom. The Morgan fingerprint density at radius 3 is 1.38 bits per heavy atom. The summed E-state index contributed by atoms with van der Waals surface area (Å²) in [4.78, 5) is 33.9. The number of benzene rings is 3. The number of allylic oxidation sites excluding steroid dienone is 2. The van der Waals surface area contributed by atoms with Gasteiger partial charge in [0.05, 0.1) is 5.41 Å². The van der Waals surface area contributed by atoms with Crippen LogP contribution in [0, 0.1) is 58.7 Å². The average Bonchev–Trinajstić information content (AvgIpc) is 1.55. The molecule has 3 saturated heterocycles. The summed E-state index contributed by atoms with van der Waals surface area (Å²) >= 11 is 0. The molecule has 13 heteroatoms. The maximum Gasteiger partial charge on any atom is 0.166 e. The number of likely N-dealkylation sites (tertiary alicyclic amines) is 3. The first-order valence-corrected chi connectivity index (χ1v) is 32.1. The van der Waals surface area contributed by atoms with Crippen LogP contribution in [0.5, 0.6) is 34.5 Å². The number of rotatable bonds is 8. The molecule has 3 aromatic carbocycles. The van der Waals surface area contributed by atoms with Crippen LogP contribution in [-0.4, -0.2) is 169 Å². The topological polar surface area (TPSA) is 132 Å². The van der Waals surface area contributed by atoms with E-state index < -0.39 is 0 Å². The van der Waals surface area contributed by atoms with Crippen LogP contribution < -0.4 is 14.2 Å². The third-order valence-corrected chi connectivity index (χ3v) is 26.4. The van der Waals surface area contributed by atoms with Crippen molar-refractivity contribution in [3.63, 3.8) is 0 Å². The number of ether oxygens (including phenoxy) is 3. The predicted octanol–water partition coefficient (Wildman–Crippen LogP) is 13.1. The van der Waals surface area contributed by atoms with Crippen LogP contribution in [0.4, 0.5) is 0 Å². The molecule has 5 spiro atoms. The molecule has 19 aliphatic rings. The molecule has 3 N–H and O–H groups in total. The standard InChI is InChI=1S/2C25H29NO3.C21H23NO2.4CH4.CH3.K.V/c2*1-14(27)17-12-24-8-7-23(17,2)22-25(24)9-10-26(13-15-3-4-15)19(24)11-16-5-6-18(28)21(29-22)20(16)25;1-12-2-6-15-16-10-14-5-7-17(23)19-18(14)21(15,20(12)24-19)8-9-22(16)11-13-3-4-13;;;;;;;/h2*5-8,15,17,19,22,28H,3-4,9-13H2,1-2H3;2,5-7,13,16,20,23H,3-4,8-11H2,1H3;4*1H4;1H3;;/q;;;;;;;-1;;/t17-,19?,22+,23?,24?,25+;17-,19?,22-,23?,24?,25-;16?,20-,21-;;;;;;;/m100......./s1. The fourth-order valence-electron chi connectivity index (χ4n) is 22.4. The number of carbonyl (C=O) groups excluding carboxylic acids is 2. The number of hydrogen-bond acceptors (Lipinski definition) is 11. The number of phenols is 3. The molecule has 8 fully saturated rings. The quantitative estimate of drug-likeness (QED) is 0.113. The van der Waals surface area contributed by atoms with Crippen LogP contribution in [-0.2, 0) is 63.7 Å². The Morgan fingerprint density at radius 1 is 0.551 bits per heavy atom. The molecule has 3 aromatic rings. The Bertz CT molecular complexity index is 3390. The maximum atomic E-state index is 12.8. The van der Waals surface area contributed by atoms with Gasteiger partial charge >= 0.3 is 0 Å². The van der Waals surface area contributed by atoms with Crippen LogP contribution in [0.25, 0.3) is 0 Å². The SMILES string of the molecule is C.C.C.C.CC(=O)[C@@H]1CC23C=CC1(C)[C@@H]1Oc4c(O)ccc5c4[C@@]12CCN(CC1CC1)C3C5.CC(=O)[C@H]1CC23C=CC1(C)[C@@H]1Oc4c(O)ccc5c4[C@@]12CCN(CC1CC1)C3C5.CC1=CC=C2C3Cc4ccc(O)c5c4[C@@]2(CCN3CC2CC2)[C@H]1O5.[CH3-].[K].[V]. The van der Waals surface area contributed by atoms with Crippen LogP contribution in [0.3, 0.4) is 0 Å². The van der Waals surface area contributed by atoms with Crippen molar-refractivity contribution in [1.82, 2.24) is 14.7 Å². The van der Waals surface area contributed by atoms with Gasteiger partial charge in [-0.1, -0.05) is 98.2 Å². The zero-order valence-corrected chi connectivity index (χ0v) is 55.6. The Hall–Kier alpha value is -3.14. The number of piperidine rings is 3. The summed E-state index contributed by atoms with van der Waals surface area (Å²) in [5, 5.41) is 31.8. The number of carbonyl (C=O) groups is 2. The molecule has 7 unspecified atom stereocenters. The van der Waals surface area contributed by atoms with E-state index in [-0.39, 0.29) is 198 Å². The maximum absolute atomic E-state index is 12.8. The summed E-state index contributed by atoms with van der Waals surface area (Å²) in [6, 6.07) is 13.2. The molecule has 6 heterocycles. The molecule has 5 saturated carbocycles. The molecule has 15 atom stereocenters. The summed E-state index contributed by atoms with van der Waals surface area (Å²) in [5.41, 5.74) is 9.83. The third kappa shape index (κ3) is 8.37. The van der Waals surface area contributed by atoms with Crippen molar-refractivity contribution in [3.8, 4) is 34.5 Å². The van der Waals surface area contributed by atoms with Crippen molar-refractivity contribution in [2.75, 3.05) is 39.3 Å². The monoisotopic (exact) mass is 1270 g/mol. The third-order valence-electron chi connectivity index (χ3n) is 26.4. The van der Waals surface area contributed by atoms with Crippen molar-refractivity contribution in [1.29, 1.82) is 0 Å². The van der Waals surface area contributed by atoms with Gasteiger partial charge in [0, 0.05) is 175 Å². The van der Waals surface area contributed by atoms with Gasteiger partial charge in [-0.25, -0.2) is 0 Å². The van der Waals surface area contributed by atoms with Crippen molar-refractivity contribution in [3.05, 3.63) is 125 Å². The van der Waals surface area contributed by atoms with E-state index in [4.69, 9.17) is 14.2 Å². The predicted molar refractivity (Wildman–Crippen MR) is 350 cm³/mol. The van der Waals surface area contributed by atoms with Gasteiger partial charge in [-0.15, -0.1) is 0 Å². The smallest absolute Gasteiger partial charge is 0.166 e. The van der Waals surface area contributed by atoms with E-state index in [1.165, 1.54) is 97.1 Å². The summed E-state index contributed by atoms with van der Waals surface area (Å²) in [6.45, 7) is 17.2. The number of nitrogens with zero attached hydrogens (tertiary/aromatic N) is 3. The summed E-state index contributed by atoms with van der Waals surface area (Å²) < 4.78 is 19.7. The van der Waals surface area contributed by atoms with Gasteiger partial charge in [0.25, 0.3) is 0 Å². The number of hydrogen-bond donors (Lipinski definition) is 3. The van der Waals surface area contributed by atoms with Crippen LogP contribution in [0.15, 0.2) is 84.0 Å². The van der Waals surface area contributed by atoms with E-state index in [0.29, 0.717) is 35.4 Å². The van der Waals surface area contributed by atoms with Crippen LogP contribution in [0.1, 0.15) is 168 Å². The Balaban J connectivity index is 0.000000133. The van der Waals surface area contributed by atoms with E-state index in [0.717, 1.165) is 94.5 Å². The molecule has 22 rings (SSSR count). The van der Waals surface area contributed by atoms with Crippen molar-refractivity contribution < 1.29 is 57.7 Å². The number of phenolic OH excluding ortho intramolecular Hbond substituents is 3. The summed E-state index contributed by atoms with van der Waals surface area (Å²) in [7, 11) is 0. The van der Waals surface area contributed by atoms with Gasteiger partial charge in [-0.05, 0) is 188 Å². The zero-order chi connectivity index (χ0) is 55.6. The second-order valence-corrected chi connectivity index (χ2v) is 30.2.